The standard InChI is InChI=1S/C30H23FN10/c31-21-10-14-24(15-11-21)36-30-40-28(34-22-6-2-1-3-7-22)39-29(41-30)35-23-12-8-19(9-13-23)25-17-26(38-27(32)37-25)20-5-4-16-33-18-20/h1-18H,(H2,32,37,38)(H3,34,35,36,39,40,41). The molecule has 6 aromatic rings. The summed E-state index contributed by atoms with van der Waals surface area (Å²) in [6.45, 7) is 0. The first-order valence-electron chi connectivity index (χ1n) is 12.6. The Kier molecular flexibility index (Phi) is 7.05. The third-order valence-electron chi connectivity index (χ3n) is 5.90. The van der Waals surface area contributed by atoms with Crippen LogP contribution in [0.3, 0.4) is 0 Å². The molecule has 3 aromatic carbocycles. The molecule has 5 N–H and O–H groups in total. The molecule has 0 aliphatic carbocycles. The summed E-state index contributed by atoms with van der Waals surface area (Å²) in [6, 6.07) is 28.7. The van der Waals surface area contributed by atoms with Gasteiger partial charge in [-0.1, -0.05) is 30.3 Å². The molecule has 200 valence electrons. The number of pyridine rings is 1. The highest BCUT2D eigenvalue weighted by molar-refractivity contribution is 5.71. The molecular weight excluding hydrogens is 519 g/mol. The number of aromatic nitrogens is 6. The van der Waals surface area contributed by atoms with E-state index >= 15 is 0 Å². The second-order valence-electron chi connectivity index (χ2n) is 8.87. The Bertz CT molecular complexity index is 1760. The van der Waals surface area contributed by atoms with Crippen molar-refractivity contribution in [2.24, 2.45) is 0 Å². The number of anilines is 7. The van der Waals surface area contributed by atoms with Gasteiger partial charge in [-0.2, -0.15) is 15.0 Å². The normalized spacial score (nSPS) is 10.7. The van der Waals surface area contributed by atoms with Crippen molar-refractivity contribution in [1.82, 2.24) is 29.9 Å². The molecule has 0 unspecified atom stereocenters. The summed E-state index contributed by atoms with van der Waals surface area (Å²) in [5.41, 5.74) is 11.3. The molecule has 10 nitrogen and oxygen atoms in total. The van der Waals surface area contributed by atoms with Crippen molar-refractivity contribution < 1.29 is 4.39 Å². The molecule has 3 heterocycles. The second kappa shape index (κ2) is 11.4. The fourth-order valence-electron chi connectivity index (χ4n) is 3.99. The molecule has 3 aromatic heterocycles. The van der Waals surface area contributed by atoms with E-state index in [1.54, 1.807) is 24.5 Å². The van der Waals surface area contributed by atoms with Gasteiger partial charge in [-0.05, 0) is 66.7 Å². The summed E-state index contributed by atoms with van der Waals surface area (Å²) in [4.78, 5) is 26.4. The molecule has 0 atom stereocenters. The van der Waals surface area contributed by atoms with Crippen LogP contribution in [0.2, 0.25) is 0 Å². The van der Waals surface area contributed by atoms with Crippen molar-refractivity contribution in [2.75, 3.05) is 21.7 Å². The molecule has 6 rings (SSSR count). The highest BCUT2D eigenvalue weighted by atomic mass is 19.1. The summed E-state index contributed by atoms with van der Waals surface area (Å²) in [5, 5.41) is 9.51. The molecule has 0 aliphatic rings. The zero-order chi connectivity index (χ0) is 28.0. The van der Waals surface area contributed by atoms with Gasteiger partial charge in [0.05, 0.1) is 11.4 Å². The maximum Gasteiger partial charge on any atom is 0.233 e. The number of nitrogens with zero attached hydrogens (tertiary/aromatic N) is 6. The lowest BCUT2D eigenvalue weighted by atomic mass is 10.1. The topological polar surface area (TPSA) is 139 Å². The van der Waals surface area contributed by atoms with E-state index in [9.17, 15) is 4.39 Å². The van der Waals surface area contributed by atoms with Crippen LogP contribution in [0.25, 0.3) is 22.5 Å². The minimum absolute atomic E-state index is 0.174. The number of nitrogen functional groups attached to an aromatic ring is 1. The van der Waals surface area contributed by atoms with E-state index in [1.165, 1.54) is 12.1 Å². The van der Waals surface area contributed by atoms with E-state index in [2.05, 4.69) is 45.9 Å². The SMILES string of the molecule is Nc1nc(-c2ccc(Nc3nc(Nc4ccccc4)nc(Nc4ccc(F)cc4)n3)cc2)cc(-c2cccnc2)n1. The summed E-state index contributed by atoms with van der Waals surface area (Å²) in [6.07, 6.45) is 3.43. The van der Waals surface area contributed by atoms with E-state index in [-0.39, 0.29) is 17.7 Å². The Morgan fingerprint density at radius 2 is 1.07 bits per heavy atom. The molecule has 11 heteroatoms. The Morgan fingerprint density at radius 1 is 0.537 bits per heavy atom. The average molecular weight is 543 g/mol. The third-order valence-corrected chi connectivity index (χ3v) is 5.90. The van der Waals surface area contributed by atoms with Crippen LogP contribution in [0, 0.1) is 5.82 Å². The molecule has 0 aliphatic heterocycles. The number of benzene rings is 3. The van der Waals surface area contributed by atoms with E-state index in [0.717, 1.165) is 22.5 Å². The molecule has 41 heavy (non-hydrogen) atoms. The summed E-state index contributed by atoms with van der Waals surface area (Å²) in [7, 11) is 0. The Hall–Kier alpha value is -5.97. The molecular formula is C30H23FN10. The predicted octanol–water partition coefficient (Wildman–Crippen LogP) is 6.34. The number of hydrogen-bond acceptors (Lipinski definition) is 10. The minimum atomic E-state index is -0.332. The van der Waals surface area contributed by atoms with Gasteiger partial charge in [-0.25, -0.2) is 14.4 Å². The van der Waals surface area contributed by atoms with Crippen LogP contribution < -0.4 is 21.7 Å². The van der Waals surface area contributed by atoms with Crippen molar-refractivity contribution >= 4 is 40.9 Å². The van der Waals surface area contributed by atoms with E-state index in [4.69, 9.17) is 5.73 Å². The molecule has 0 bridgehead atoms. The van der Waals surface area contributed by atoms with E-state index in [1.807, 2.05) is 72.8 Å². The van der Waals surface area contributed by atoms with Gasteiger partial charge in [-0.3, -0.25) is 4.98 Å². The second-order valence-corrected chi connectivity index (χ2v) is 8.87. The third kappa shape index (κ3) is 6.37. The predicted molar refractivity (Wildman–Crippen MR) is 158 cm³/mol. The summed E-state index contributed by atoms with van der Waals surface area (Å²) >= 11 is 0. The minimum Gasteiger partial charge on any atom is -0.368 e. The van der Waals surface area contributed by atoms with Crippen LogP contribution in [-0.2, 0) is 0 Å². The van der Waals surface area contributed by atoms with Gasteiger partial charge in [-0.15, -0.1) is 0 Å². The van der Waals surface area contributed by atoms with Crippen LogP contribution in [0.1, 0.15) is 0 Å². The average Bonchev–Trinajstić information content (AvgIpc) is 2.99. The zero-order valence-corrected chi connectivity index (χ0v) is 21.5. The van der Waals surface area contributed by atoms with Crippen molar-refractivity contribution in [3.8, 4) is 22.5 Å². The van der Waals surface area contributed by atoms with E-state index < -0.39 is 0 Å². The monoisotopic (exact) mass is 542 g/mol. The van der Waals surface area contributed by atoms with Gasteiger partial charge in [0, 0.05) is 40.6 Å². The quantitative estimate of drug-likeness (QED) is 0.172. The number of halogens is 1. The van der Waals surface area contributed by atoms with Crippen LogP contribution >= 0.6 is 0 Å². The van der Waals surface area contributed by atoms with Gasteiger partial charge in [0.15, 0.2) is 0 Å². The summed E-state index contributed by atoms with van der Waals surface area (Å²) in [5.74, 6) is 0.758. The fourth-order valence-corrected chi connectivity index (χ4v) is 3.99. The van der Waals surface area contributed by atoms with Crippen molar-refractivity contribution in [3.05, 3.63) is 115 Å². The lowest BCUT2D eigenvalue weighted by Gasteiger charge is -2.12. The maximum atomic E-state index is 13.4. The van der Waals surface area contributed by atoms with Crippen molar-refractivity contribution in [1.29, 1.82) is 0 Å². The molecule has 0 amide bonds. The van der Waals surface area contributed by atoms with Crippen molar-refractivity contribution in [2.45, 2.75) is 0 Å². The smallest absolute Gasteiger partial charge is 0.233 e. The zero-order valence-electron chi connectivity index (χ0n) is 21.5. The van der Waals surface area contributed by atoms with Crippen molar-refractivity contribution in [3.63, 3.8) is 0 Å². The van der Waals surface area contributed by atoms with Crippen LogP contribution in [-0.4, -0.2) is 29.9 Å². The summed E-state index contributed by atoms with van der Waals surface area (Å²) < 4.78 is 13.4. The Labute approximate surface area is 234 Å². The number of nitrogens with two attached hydrogens (primary N) is 1. The van der Waals surface area contributed by atoms with Gasteiger partial charge in [0.2, 0.25) is 23.8 Å². The fraction of sp³-hybridized carbons (Fsp3) is 0. The lowest BCUT2D eigenvalue weighted by molar-refractivity contribution is 0.628. The van der Waals surface area contributed by atoms with Gasteiger partial charge in [0.25, 0.3) is 0 Å². The number of para-hydroxylation sites is 1. The first-order chi connectivity index (χ1) is 20.1. The highest BCUT2D eigenvalue weighted by Gasteiger charge is 2.11. The number of hydrogen-bond donors (Lipinski definition) is 4. The number of rotatable bonds is 8. The Balaban J connectivity index is 1.26. The van der Waals surface area contributed by atoms with Crippen LogP contribution in [0.5, 0.6) is 0 Å². The van der Waals surface area contributed by atoms with Crippen LogP contribution in [0.15, 0.2) is 109 Å². The lowest BCUT2D eigenvalue weighted by Crippen LogP contribution is -2.07. The molecule has 0 saturated heterocycles. The van der Waals surface area contributed by atoms with E-state index in [0.29, 0.717) is 29.0 Å². The molecule has 0 spiro atoms. The first-order valence-corrected chi connectivity index (χ1v) is 12.6. The molecule has 0 saturated carbocycles. The van der Waals surface area contributed by atoms with Gasteiger partial charge < -0.3 is 21.7 Å². The van der Waals surface area contributed by atoms with Crippen LogP contribution in [0.4, 0.5) is 45.2 Å². The van der Waals surface area contributed by atoms with Gasteiger partial charge >= 0.3 is 0 Å². The maximum absolute atomic E-state index is 13.4. The number of nitrogens with one attached hydrogen (secondary N) is 3. The molecule has 0 fully saturated rings. The Morgan fingerprint density at radius 3 is 1.63 bits per heavy atom. The first kappa shape index (κ1) is 25.3. The van der Waals surface area contributed by atoms with Gasteiger partial charge in [0.1, 0.15) is 5.82 Å². The molecule has 0 radical (unpaired) electrons. The highest BCUT2D eigenvalue weighted by Crippen LogP contribution is 2.26. The largest absolute Gasteiger partial charge is 0.368 e.